The fraction of sp³-hybridized carbons (Fsp3) is 0.500. The molecule has 2 fully saturated rings. The van der Waals surface area contributed by atoms with Gasteiger partial charge in [-0.15, -0.1) is 0 Å². The van der Waals surface area contributed by atoms with E-state index in [1.165, 1.54) is 6.07 Å². The van der Waals surface area contributed by atoms with Crippen molar-refractivity contribution in [2.45, 2.75) is 36.6 Å². The summed E-state index contributed by atoms with van der Waals surface area (Å²) in [5.74, 6) is -0.279. The molecule has 0 radical (unpaired) electrons. The predicted octanol–water partition coefficient (Wildman–Crippen LogP) is 2.67. The average Bonchev–Trinajstić information content (AvgIpc) is 3.27. The predicted molar refractivity (Wildman–Crippen MR) is 76.1 cm³/mol. The summed E-state index contributed by atoms with van der Waals surface area (Å²) >= 11 is 0. The van der Waals surface area contributed by atoms with Crippen LogP contribution in [0.25, 0.3) is 0 Å². The van der Waals surface area contributed by atoms with Crippen LogP contribution in [-0.4, -0.2) is 20.4 Å². The van der Waals surface area contributed by atoms with E-state index in [0.717, 1.165) is 37.8 Å². The Balaban J connectivity index is 1.81. The number of hydrogen-bond donors (Lipinski definition) is 1. The first-order valence-corrected chi connectivity index (χ1v) is 9.22. The molecule has 0 atom stereocenters. The molecule has 2 saturated carbocycles. The van der Waals surface area contributed by atoms with Gasteiger partial charge in [0.2, 0.25) is 0 Å². The lowest BCUT2D eigenvalue weighted by atomic mass is 10.1. The highest BCUT2D eigenvalue weighted by Crippen LogP contribution is 2.44. The highest BCUT2D eigenvalue weighted by Gasteiger charge is 2.42. The molecular formula is C14H15ClFNO3S. The molecule has 0 saturated heterocycles. The number of benzene rings is 1. The first-order valence-electron chi connectivity index (χ1n) is 6.91. The van der Waals surface area contributed by atoms with Crippen molar-refractivity contribution in [1.29, 1.82) is 0 Å². The first-order chi connectivity index (χ1) is 9.86. The second-order valence-electron chi connectivity index (χ2n) is 5.76. The largest absolute Gasteiger partial charge is 0.349 e. The second-order valence-corrected chi connectivity index (χ2v) is 8.29. The number of carbonyl (C=O) groups excluding carboxylic acids is 1. The highest BCUT2D eigenvalue weighted by molar-refractivity contribution is 8.13. The van der Waals surface area contributed by atoms with Crippen molar-refractivity contribution in [1.82, 2.24) is 5.32 Å². The smallest absolute Gasteiger partial charge is 0.264 e. The molecule has 1 aromatic rings. The van der Waals surface area contributed by atoms with Crippen molar-refractivity contribution >= 4 is 25.6 Å². The van der Waals surface area contributed by atoms with E-state index in [4.69, 9.17) is 10.7 Å². The number of amides is 1. The fourth-order valence-electron chi connectivity index (χ4n) is 2.60. The maximum absolute atomic E-state index is 13.5. The van der Waals surface area contributed by atoms with Crippen LogP contribution < -0.4 is 5.32 Å². The van der Waals surface area contributed by atoms with E-state index < -0.39 is 19.8 Å². The molecule has 0 heterocycles. The van der Waals surface area contributed by atoms with E-state index in [-0.39, 0.29) is 17.5 Å². The molecule has 114 valence electrons. The molecule has 21 heavy (non-hydrogen) atoms. The lowest BCUT2D eigenvalue weighted by Crippen LogP contribution is -2.38. The van der Waals surface area contributed by atoms with Gasteiger partial charge in [0.1, 0.15) is 10.7 Å². The van der Waals surface area contributed by atoms with Crippen molar-refractivity contribution in [3.63, 3.8) is 0 Å². The summed E-state index contributed by atoms with van der Waals surface area (Å²) in [5, 5.41) is 2.96. The van der Waals surface area contributed by atoms with Crippen LogP contribution in [0, 0.1) is 17.7 Å². The molecule has 0 unspecified atom stereocenters. The van der Waals surface area contributed by atoms with Gasteiger partial charge in [0.15, 0.2) is 0 Å². The van der Waals surface area contributed by atoms with Crippen molar-refractivity contribution < 1.29 is 17.6 Å². The third-order valence-electron chi connectivity index (χ3n) is 4.01. The summed E-state index contributed by atoms with van der Waals surface area (Å²) in [5.41, 5.74) is 0.113. The molecule has 7 heteroatoms. The minimum absolute atomic E-state index is 0.113. The van der Waals surface area contributed by atoms with Gasteiger partial charge in [-0.1, -0.05) is 0 Å². The Kier molecular flexibility index (Phi) is 3.69. The van der Waals surface area contributed by atoms with Gasteiger partial charge in [0, 0.05) is 22.3 Å². The number of carbonyl (C=O) groups is 1. The molecule has 0 aromatic heterocycles. The van der Waals surface area contributed by atoms with Crippen molar-refractivity contribution in [2.24, 2.45) is 11.8 Å². The van der Waals surface area contributed by atoms with Crippen LogP contribution in [0.3, 0.4) is 0 Å². The van der Waals surface area contributed by atoms with Crippen molar-refractivity contribution in [3.8, 4) is 0 Å². The zero-order valence-electron chi connectivity index (χ0n) is 11.2. The standard InChI is InChI=1S/C14H15ClFNO3S/c15-21(19,20)12-7-10(5-6-11(12)16)14(18)17-13(8-1-2-8)9-3-4-9/h5-9,13H,1-4H2,(H,17,18). The summed E-state index contributed by atoms with van der Waals surface area (Å²) in [4.78, 5) is 11.6. The van der Waals surface area contributed by atoms with E-state index in [9.17, 15) is 17.6 Å². The number of halogens is 2. The van der Waals surface area contributed by atoms with E-state index in [1.807, 2.05) is 0 Å². The first kappa shape index (κ1) is 14.8. The van der Waals surface area contributed by atoms with E-state index in [2.05, 4.69) is 5.32 Å². The second kappa shape index (κ2) is 5.25. The molecule has 3 rings (SSSR count). The van der Waals surface area contributed by atoms with Gasteiger partial charge in [-0.25, -0.2) is 12.8 Å². The van der Waals surface area contributed by atoms with Crippen LogP contribution in [-0.2, 0) is 9.05 Å². The Morgan fingerprint density at radius 2 is 1.81 bits per heavy atom. The Morgan fingerprint density at radius 3 is 2.29 bits per heavy atom. The molecule has 0 bridgehead atoms. The lowest BCUT2D eigenvalue weighted by molar-refractivity contribution is 0.0926. The van der Waals surface area contributed by atoms with Gasteiger partial charge in [0.05, 0.1) is 0 Å². The fourth-order valence-corrected chi connectivity index (χ4v) is 3.52. The third kappa shape index (κ3) is 3.37. The summed E-state index contributed by atoms with van der Waals surface area (Å²) < 4.78 is 36.0. The third-order valence-corrected chi connectivity index (χ3v) is 5.35. The van der Waals surface area contributed by atoms with E-state index in [1.54, 1.807) is 0 Å². The molecule has 4 nitrogen and oxygen atoms in total. The highest BCUT2D eigenvalue weighted by atomic mass is 35.7. The summed E-state index contributed by atoms with van der Waals surface area (Å²) in [6.07, 6.45) is 4.47. The monoisotopic (exact) mass is 331 g/mol. The minimum atomic E-state index is -4.21. The van der Waals surface area contributed by atoms with Crippen molar-refractivity contribution in [2.75, 3.05) is 0 Å². The lowest BCUT2D eigenvalue weighted by Gasteiger charge is -2.17. The maximum atomic E-state index is 13.5. The Morgan fingerprint density at radius 1 is 1.24 bits per heavy atom. The summed E-state index contributed by atoms with van der Waals surface area (Å²) in [6, 6.07) is 3.36. The Bertz CT molecular complexity index is 671. The zero-order chi connectivity index (χ0) is 15.2. The molecule has 0 aliphatic heterocycles. The number of hydrogen-bond acceptors (Lipinski definition) is 3. The topological polar surface area (TPSA) is 63.2 Å². The molecular weight excluding hydrogens is 317 g/mol. The van der Waals surface area contributed by atoms with Crippen molar-refractivity contribution in [3.05, 3.63) is 29.6 Å². The molecule has 2 aliphatic rings. The SMILES string of the molecule is O=C(NC(C1CC1)C1CC1)c1ccc(F)c(S(=O)(=O)Cl)c1. The van der Waals surface area contributed by atoms with Gasteiger partial charge in [-0.05, 0) is 55.7 Å². The zero-order valence-corrected chi connectivity index (χ0v) is 12.8. The molecule has 1 N–H and O–H groups in total. The molecule has 2 aliphatic carbocycles. The van der Waals surface area contributed by atoms with Gasteiger partial charge in [0.25, 0.3) is 15.0 Å². The van der Waals surface area contributed by atoms with Crippen LogP contribution in [0.5, 0.6) is 0 Å². The Labute approximate surface area is 127 Å². The number of nitrogens with one attached hydrogen (secondary N) is 1. The van der Waals surface area contributed by atoms with Gasteiger partial charge in [-0.3, -0.25) is 4.79 Å². The van der Waals surface area contributed by atoms with Crippen LogP contribution in [0.15, 0.2) is 23.1 Å². The van der Waals surface area contributed by atoms with Crippen LogP contribution >= 0.6 is 10.7 Å². The van der Waals surface area contributed by atoms with E-state index in [0.29, 0.717) is 11.8 Å². The molecule has 1 aromatic carbocycles. The van der Waals surface area contributed by atoms with Gasteiger partial charge < -0.3 is 5.32 Å². The maximum Gasteiger partial charge on any atom is 0.264 e. The van der Waals surface area contributed by atoms with Crippen LogP contribution in [0.2, 0.25) is 0 Å². The molecule has 1 amide bonds. The number of rotatable bonds is 5. The Hall–Kier alpha value is -1.14. The summed E-state index contributed by atoms with van der Waals surface area (Å²) in [7, 11) is 0.959. The van der Waals surface area contributed by atoms with Crippen LogP contribution in [0.4, 0.5) is 4.39 Å². The normalized spacial score (nSPS) is 18.8. The van der Waals surface area contributed by atoms with E-state index >= 15 is 0 Å². The molecule has 0 spiro atoms. The summed E-state index contributed by atoms with van der Waals surface area (Å²) in [6.45, 7) is 0. The minimum Gasteiger partial charge on any atom is -0.349 e. The average molecular weight is 332 g/mol. The quantitative estimate of drug-likeness (QED) is 0.844. The van der Waals surface area contributed by atoms with Crippen LogP contribution in [0.1, 0.15) is 36.0 Å². The van der Waals surface area contributed by atoms with Gasteiger partial charge >= 0.3 is 0 Å². The van der Waals surface area contributed by atoms with Gasteiger partial charge in [-0.2, -0.15) is 0 Å².